The number of aromatic nitrogens is 1. The number of halogens is 2. The Labute approximate surface area is 170 Å². The Bertz CT molecular complexity index is 1280. The van der Waals surface area contributed by atoms with Crippen molar-refractivity contribution in [3.8, 4) is 12.3 Å². The van der Waals surface area contributed by atoms with Gasteiger partial charge in [0.2, 0.25) is 0 Å². The number of hydrogen-bond donors (Lipinski definition) is 0. The average Bonchev–Trinajstić information content (AvgIpc) is 3.13. The van der Waals surface area contributed by atoms with Crippen molar-refractivity contribution in [3.63, 3.8) is 0 Å². The van der Waals surface area contributed by atoms with Gasteiger partial charge in [0.15, 0.2) is 4.80 Å². The van der Waals surface area contributed by atoms with Crippen molar-refractivity contribution in [1.82, 2.24) is 4.57 Å². The molecule has 0 aliphatic heterocycles. The van der Waals surface area contributed by atoms with Crippen molar-refractivity contribution in [3.05, 3.63) is 61.6 Å². The summed E-state index contributed by atoms with van der Waals surface area (Å²) in [5.74, 6) is 2.27. The molecule has 0 atom stereocenters. The molecule has 0 unspecified atom stereocenters. The van der Waals surface area contributed by atoms with Gasteiger partial charge in [-0.25, -0.2) is 0 Å². The quantitative estimate of drug-likeness (QED) is 0.352. The maximum atomic E-state index is 12.8. The van der Waals surface area contributed by atoms with Gasteiger partial charge in [-0.05, 0) is 24.3 Å². The third-order valence-corrected chi connectivity index (χ3v) is 7.02. The summed E-state index contributed by atoms with van der Waals surface area (Å²) in [5.41, 5.74) is 0.949. The largest absolute Gasteiger partial charge is 0.305 e. The van der Waals surface area contributed by atoms with Crippen LogP contribution in [-0.2, 0) is 6.54 Å². The van der Waals surface area contributed by atoms with Crippen LogP contribution in [0, 0.1) is 12.3 Å². The number of benzene rings is 2. The Morgan fingerprint density at radius 2 is 2.04 bits per heavy atom. The Morgan fingerprint density at radius 1 is 1.23 bits per heavy atom. The highest BCUT2D eigenvalue weighted by Crippen LogP contribution is 2.35. The van der Waals surface area contributed by atoms with E-state index in [1.165, 1.54) is 22.7 Å². The van der Waals surface area contributed by atoms with Gasteiger partial charge in [0, 0.05) is 14.6 Å². The molecule has 128 valence electrons. The second-order valence-corrected chi connectivity index (χ2v) is 8.80. The van der Waals surface area contributed by atoms with Crippen molar-refractivity contribution in [2.24, 2.45) is 4.99 Å². The number of nitrogens with zero attached hydrogens (tertiary/aromatic N) is 2. The number of hydrogen-bond acceptors (Lipinski definition) is 3. The fraction of sp³-hybridized carbons (Fsp3) is 0.0526. The van der Waals surface area contributed by atoms with Gasteiger partial charge >= 0.3 is 0 Å². The summed E-state index contributed by atoms with van der Waals surface area (Å²) >= 11 is 12.6. The summed E-state index contributed by atoms with van der Waals surface area (Å²) in [4.78, 5) is 18.1. The standard InChI is InChI=1S/C19H10BrClN2OS2/c1-2-9-23-13-8-7-11(20)10-15(13)26-19(23)22-18(24)17-16(21)12-5-3-4-6-14(12)25-17/h1,3-8,10H,9H2. The van der Waals surface area contributed by atoms with E-state index >= 15 is 0 Å². The number of terminal acetylenes is 1. The number of rotatable bonds is 2. The number of fused-ring (bicyclic) bond motifs is 2. The van der Waals surface area contributed by atoms with Crippen LogP contribution in [0.5, 0.6) is 0 Å². The average molecular weight is 462 g/mol. The molecule has 1 amide bonds. The first-order chi connectivity index (χ1) is 12.6. The first-order valence-electron chi connectivity index (χ1n) is 7.57. The molecular formula is C19H10BrClN2OS2. The van der Waals surface area contributed by atoms with Gasteiger partial charge < -0.3 is 4.57 Å². The summed E-state index contributed by atoms with van der Waals surface area (Å²) in [6.45, 7) is 0.341. The van der Waals surface area contributed by atoms with Crippen LogP contribution in [0.2, 0.25) is 5.02 Å². The Balaban J connectivity index is 1.89. The van der Waals surface area contributed by atoms with Crippen molar-refractivity contribution < 1.29 is 4.79 Å². The highest BCUT2D eigenvalue weighted by atomic mass is 79.9. The zero-order valence-corrected chi connectivity index (χ0v) is 17.2. The lowest BCUT2D eigenvalue weighted by atomic mass is 10.2. The molecule has 3 nitrogen and oxygen atoms in total. The van der Waals surface area contributed by atoms with Crippen LogP contribution >= 0.6 is 50.2 Å². The second kappa shape index (κ2) is 7.01. The second-order valence-electron chi connectivity index (χ2n) is 5.45. The van der Waals surface area contributed by atoms with E-state index in [1.54, 1.807) is 0 Å². The molecule has 2 aromatic carbocycles. The minimum absolute atomic E-state index is 0.341. The third-order valence-electron chi connectivity index (χ3n) is 3.82. The predicted octanol–water partition coefficient (Wildman–Crippen LogP) is 5.71. The molecular weight excluding hydrogens is 452 g/mol. The third kappa shape index (κ3) is 3.01. The lowest BCUT2D eigenvalue weighted by molar-refractivity contribution is 0.100. The van der Waals surface area contributed by atoms with E-state index in [4.69, 9.17) is 18.0 Å². The molecule has 2 heterocycles. The van der Waals surface area contributed by atoms with Crippen LogP contribution in [0.3, 0.4) is 0 Å². The Morgan fingerprint density at radius 3 is 2.81 bits per heavy atom. The van der Waals surface area contributed by atoms with Crippen LogP contribution in [0.25, 0.3) is 20.3 Å². The topological polar surface area (TPSA) is 34.4 Å². The molecule has 0 aliphatic carbocycles. The van der Waals surface area contributed by atoms with Gasteiger partial charge in [-0.2, -0.15) is 4.99 Å². The van der Waals surface area contributed by atoms with Crippen LogP contribution < -0.4 is 4.80 Å². The normalized spacial score (nSPS) is 12.0. The highest BCUT2D eigenvalue weighted by molar-refractivity contribution is 9.10. The van der Waals surface area contributed by atoms with E-state index < -0.39 is 0 Å². The van der Waals surface area contributed by atoms with Crippen LogP contribution in [0.15, 0.2) is 51.9 Å². The smallest absolute Gasteiger partial charge is 0.291 e. The van der Waals surface area contributed by atoms with Crippen molar-refractivity contribution in [2.45, 2.75) is 6.54 Å². The number of thiazole rings is 1. The van der Waals surface area contributed by atoms with Crippen molar-refractivity contribution in [1.29, 1.82) is 0 Å². The van der Waals surface area contributed by atoms with E-state index in [-0.39, 0.29) is 5.91 Å². The summed E-state index contributed by atoms with van der Waals surface area (Å²) < 4.78 is 4.80. The van der Waals surface area contributed by atoms with E-state index in [2.05, 4.69) is 26.8 Å². The van der Waals surface area contributed by atoms with Crippen molar-refractivity contribution in [2.75, 3.05) is 0 Å². The van der Waals surface area contributed by atoms with E-state index in [9.17, 15) is 4.79 Å². The maximum absolute atomic E-state index is 12.8. The zero-order chi connectivity index (χ0) is 18.3. The van der Waals surface area contributed by atoms with Crippen LogP contribution in [-0.4, -0.2) is 10.5 Å². The van der Waals surface area contributed by atoms with Gasteiger partial charge in [0.05, 0.1) is 21.8 Å². The summed E-state index contributed by atoms with van der Waals surface area (Å²) in [6, 6.07) is 13.6. The first-order valence-corrected chi connectivity index (χ1v) is 10.4. The number of carbonyl (C=O) groups excluding carboxylic acids is 1. The minimum atomic E-state index is -0.354. The van der Waals surface area contributed by atoms with E-state index in [0.29, 0.717) is 21.2 Å². The zero-order valence-electron chi connectivity index (χ0n) is 13.2. The summed E-state index contributed by atoms with van der Waals surface area (Å²) in [7, 11) is 0. The van der Waals surface area contributed by atoms with E-state index in [0.717, 1.165) is 24.8 Å². The molecule has 0 aliphatic rings. The fourth-order valence-corrected chi connectivity index (χ4v) is 5.64. The molecule has 4 rings (SSSR count). The SMILES string of the molecule is C#CCn1c(=NC(=O)c2sc3ccccc3c2Cl)sc2cc(Br)ccc21. The summed E-state index contributed by atoms with van der Waals surface area (Å²) in [5, 5.41) is 1.32. The molecule has 0 saturated heterocycles. The molecule has 26 heavy (non-hydrogen) atoms. The van der Waals surface area contributed by atoms with Crippen LogP contribution in [0.4, 0.5) is 0 Å². The number of thiophene rings is 1. The van der Waals surface area contributed by atoms with Gasteiger partial charge in [-0.3, -0.25) is 4.79 Å². The Kier molecular flexibility index (Phi) is 4.72. The number of amides is 1. The molecule has 7 heteroatoms. The first kappa shape index (κ1) is 17.5. The minimum Gasteiger partial charge on any atom is -0.305 e. The van der Waals surface area contributed by atoms with Gasteiger partial charge in [0.1, 0.15) is 4.88 Å². The molecule has 4 aromatic rings. The van der Waals surface area contributed by atoms with Gasteiger partial charge in [-0.15, -0.1) is 17.8 Å². The Hall–Kier alpha value is -1.91. The van der Waals surface area contributed by atoms with Gasteiger partial charge in [0.25, 0.3) is 5.91 Å². The fourth-order valence-electron chi connectivity index (χ4n) is 2.67. The molecule has 0 bridgehead atoms. The van der Waals surface area contributed by atoms with Gasteiger partial charge in [-0.1, -0.05) is 63.0 Å². The molecule has 0 fully saturated rings. The molecule has 0 radical (unpaired) electrons. The lowest BCUT2D eigenvalue weighted by Crippen LogP contribution is -2.16. The molecule has 0 N–H and O–H groups in total. The van der Waals surface area contributed by atoms with E-state index in [1.807, 2.05) is 47.0 Å². The summed E-state index contributed by atoms with van der Waals surface area (Å²) in [6.07, 6.45) is 5.51. The highest BCUT2D eigenvalue weighted by Gasteiger charge is 2.17. The molecule has 2 aromatic heterocycles. The van der Waals surface area contributed by atoms with Crippen LogP contribution in [0.1, 0.15) is 9.67 Å². The molecule has 0 spiro atoms. The van der Waals surface area contributed by atoms with Crippen molar-refractivity contribution >= 4 is 76.4 Å². The number of carbonyl (C=O) groups is 1. The predicted molar refractivity (Wildman–Crippen MR) is 113 cm³/mol. The molecule has 0 saturated carbocycles. The lowest BCUT2D eigenvalue weighted by Gasteiger charge is -1.99. The maximum Gasteiger partial charge on any atom is 0.291 e. The monoisotopic (exact) mass is 460 g/mol.